The first-order chi connectivity index (χ1) is 14.8. The number of para-hydroxylation sites is 1. The molecule has 3 aliphatic heterocycles. The van der Waals surface area contributed by atoms with E-state index in [4.69, 9.17) is 11.6 Å². The number of hydrogen-bond acceptors (Lipinski definition) is 5. The number of anilines is 1. The zero-order valence-corrected chi connectivity index (χ0v) is 19.3. The molecule has 1 spiro atoms. The molecule has 3 heterocycles. The topological polar surface area (TPSA) is 98.7 Å². The van der Waals surface area contributed by atoms with Gasteiger partial charge in [0.25, 0.3) is 0 Å². The van der Waals surface area contributed by atoms with E-state index in [9.17, 15) is 19.5 Å². The van der Waals surface area contributed by atoms with E-state index in [0.717, 1.165) is 6.42 Å². The molecule has 4 rings (SSSR count). The van der Waals surface area contributed by atoms with Crippen molar-refractivity contribution in [1.29, 1.82) is 0 Å². The summed E-state index contributed by atoms with van der Waals surface area (Å²) in [5, 5.41) is 15.3. The lowest BCUT2D eigenvalue weighted by Crippen LogP contribution is -2.52. The van der Waals surface area contributed by atoms with Gasteiger partial charge in [0.2, 0.25) is 17.7 Å². The largest absolute Gasteiger partial charge is 0.396 e. The minimum atomic E-state index is -0.693. The Morgan fingerprint density at radius 3 is 2.68 bits per heavy atom. The molecule has 5 atom stereocenters. The Bertz CT molecular complexity index is 914. The molecule has 3 N–H and O–H groups in total. The number of carbonyl (C=O) groups excluding carboxylic acids is 3. The summed E-state index contributed by atoms with van der Waals surface area (Å²) in [4.78, 5) is 41.7. The summed E-state index contributed by atoms with van der Waals surface area (Å²) in [6.45, 7) is 2.44. The van der Waals surface area contributed by atoms with Crippen LogP contribution >= 0.6 is 23.4 Å². The van der Waals surface area contributed by atoms with Crippen molar-refractivity contribution in [3.05, 3.63) is 29.3 Å². The number of thioether (sulfide) groups is 1. The summed E-state index contributed by atoms with van der Waals surface area (Å²) in [7, 11) is 1.59. The second-order valence-corrected chi connectivity index (χ2v) is 11.1. The van der Waals surface area contributed by atoms with Crippen LogP contribution in [-0.4, -0.2) is 63.5 Å². The average molecular weight is 466 g/mol. The molecule has 3 saturated heterocycles. The number of halogens is 1. The van der Waals surface area contributed by atoms with Crippen molar-refractivity contribution >= 4 is 46.8 Å². The molecule has 2 bridgehead atoms. The fourth-order valence-electron chi connectivity index (χ4n) is 5.68. The maximum Gasteiger partial charge on any atom is 0.248 e. The minimum absolute atomic E-state index is 0.0285. The van der Waals surface area contributed by atoms with Crippen molar-refractivity contribution in [2.75, 3.05) is 25.5 Å². The molecule has 3 fully saturated rings. The maximum atomic E-state index is 13.6. The average Bonchev–Trinajstić information content (AvgIpc) is 3.30. The van der Waals surface area contributed by atoms with Gasteiger partial charge in [-0.25, -0.2) is 0 Å². The molecule has 0 aromatic heterocycles. The summed E-state index contributed by atoms with van der Waals surface area (Å²) in [5.74, 6) is -1.56. The van der Waals surface area contributed by atoms with Crippen molar-refractivity contribution in [3.8, 4) is 0 Å². The van der Waals surface area contributed by atoms with Gasteiger partial charge in [-0.05, 0) is 44.7 Å². The normalized spacial score (nSPS) is 33.5. The predicted molar refractivity (Wildman–Crippen MR) is 121 cm³/mol. The Hall–Kier alpha value is -1.77. The number of amides is 3. The maximum absolute atomic E-state index is 13.6. The number of fused-ring (bicyclic) bond motifs is 1. The van der Waals surface area contributed by atoms with Crippen molar-refractivity contribution in [3.63, 3.8) is 0 Å². The third kappa shape index (κ3) is 3.43. The van der Waals surface area contributed by atoms with Crippen LogP contribution in [0.3, 0.4) is 0 Å². The molecule has 1 aromatic carbocycles. The molecule has 9 heteroatoms. The molecular weight excluding hydrogens is 438 g/mol. The van der Waals surface area contributed by atoms with Gasteiger partial charge in [0.1, 0.15) is 6.04 Å². The van der Waals surface area contributed by atoms with Gasteiger partial charge in [0.05, 0.1) is 27.3 Å². The highest BCUT2D eigenvalue weighted by Gasteiger charge is 2.76. The number of aliphatic hydroxyl groups is 1. The molecule has 0 radical (unpaired) electrons. The Kier molecular flexibility index (Phi) is 6.00. The number of benzene rings is 1. The third-order valence-electron chi connectivity index (χ3n) is 6.99. The van der Waals surface area contributed by atoms with Crippen molar-refractivity contribution in [2.24, 2.45) is 11.8 Å². The molecule has 0 aliphatic carbocycles. The molecule has 31 heavy (non-hydrogen) atoms. The van der Waals surface area contributed by atoms with Crippen LogP contribution in [0.4, 0.5) is 5.69 Å². The molecule has 3 aliphatic rings. The van der Waals surface area contributed by atoms with E-state index in [1.807, 2.05) is 6.92 Å². The highest BCUT2D eigenvalue weighted by molar-refractivity contribution is 8.02. The van der Waals surface area contributed by atoms with E-state index in [-0.39, 0.29) is 29.1 Å². The summed E-state index contributed by atoms with van der Waals surface area (Å²) in [6.07, 6.45) is 2.62. The van der Waals surface area contributed by atoms with Crippen LogP contribution in [-0.2, 0) is 14.4 Å². The van der Waals surface area contributed by atoms with Gasteiger partial charge < -0.3 is 20.6 Å². The molecular formula is C22H28ClN3O4S. The van der Waals surface area contributed by atoms with Crippen LogP contribution in [0.15, 0.2) is 24.3 Å². The van der Waals surface area contributed by atoms with Crippen LogP contribution in [0.5, 0.6) is 0 Å². The standard InChI is InChI=1S/C22H28ClN3O4S/c1-21-9-10-22(31-21)16(15(21)18(28)24-2)20(30)26(11-5-6-12-27)17(22)19(29)25-14-8-4-3-7-13(14)23/h3-4,7-8,15-17,27H,5-6,9-12H2,1-2H3,(H,24,28)(H,25,29)/t15-,16-,17?,21+,22?/m0/s1. The smallest absolute Gasteiger partial charge is 0.248 e. The third-order valence-corrected chi connectivity index (χ3v) is 9.31. The minimum Gasteiger partial charge on any atom is -0.396 e. The lowest BCUT2D eigenvalue weighted by molar-refractivity contribution is -0.140. The Morgan fingerprint density at radius 2 is 2.00 bits per heavy atom. The molecule has 7 nitrogen and oxygen atoms in total. The second-order valence-electron chi connectivity index (χ2n) is 8.77. The summed E-state index contributed by atoms with van der Waals surface area (Å²) in [5.41, 5.74) is 0.503. The fraction of sp³-hybridized carbons (Fsp3) is 0.591. The van der Waals surface area contributed by atoms with Gasteiger partial charge in [-0.1, -0.05) is 23.7 Å². The van der Waals surface area contributed by atoms with Gasteiger partial charge >= 0.3 is 0 Å². The van der Waals surface area contributed by atoms with Gasteiger partial charge in [-0.2, -0.15) is 0 Å². The SMILES string of the molecule is CNC(=O)[C@@H]1[C@H]2C(=O)N(CCCCO)C(C(=O)Nc3ccccc3Cl)C23CC[C@@]1(C)S3. The highest BCUT2D eigenvalue weighted by Crippen LogP contribution is 2.71. The Morgan fingerprint density at radius 1 is 1.26 bits per heavy atom. The number of hydrogen-bond donors (Lipinski definition) is 3. The van der Waals surface area contributed by atoms with Crippen LogP contribution in [0, 0.1) is 11.8 Å². The first-order valence-corrected chi connectivity index (χ1v) is 11.9. The number of carbonyl (C=O) groups is 3. The monoisotopic (exact) mass is 465 g/mol. The van der Waals surface area contributed by atoms with Crippen molar-refractivity contribution in [2.45, 2.75) is 48.1 Å². The Labute approximate surface area is 191 Å². The lowest BCUT2D eigenvalue weighted by atomic mass is 9.66. The van der Waals surface area contributed by atoms with Crippen LogP contribution in [0.2, 0.25) is 5.02 Å². The van der Waals surface area contributed by atoms with E-state index in [1.165, 1.54) is 0 Å². The van der Waals surface area contributed by atoms with Gasteiger partial charge in [0.15, 0.2) is 0 Å². The predicted octanol–water partition coefficient (Wildman–Crippen LogP) is 2.28. The number of nitrogens with zero attached hydrogens (tertiary/aromatic N) is 1. The Balaban J connectivity index is 1.72. The van der Waals surface area contributed by atoms with E-state index in [0.29, 0.717) is 36.5 Å². The van der Waals surface area contributed by atoms with Crippen LogP contribution in [0.25, 0.3) is 0 Å². The van der Waals surface area contributed by atoms with Crippen molar-refractivity contribution < 1.29 is 19.5 Å². The van der Waals surface area contributed by atoms with Crippen LogP contribution < -0.4 is 10.6 Å². The first kappa shape index (κ1) is 22.4. The quantitative estimate of drug-likeness (QED) is 0.536. The zero-order valence-electron chi connectivity index (χ0n) is 17.7. The summed E-state index contributed by atoms with van der Waals surface area (Å²) >= 11 is 7.89. The fourth-order valence-corrected chi connectivity index (χ4v) is 8.22. The van der Waals surface area contributed by atoms with Gasteiger partial charge in [0, 0.05) is 24.9 Å². The molecule has 3 amide bonds. The van der Waals surface area contributed by atoms with Gasteiger partial charge in [-0.15, -0.1) is 11.8 Å². The zero-order chi connectivity index (χ0) is 22.4. The number of unbranched alkanes of at least 4 members (excludes halogenated alkanes) is 1. The van der Waals surface area contributed by atoms with E-state index < -0.39 is 22.6 Å². The highest BCUT2D eigenvalue weighted by atomic mass is 35.5. The van der Waals surface area contributed by atoms with E-state index in [2.05, 4.69) is 10.6 Å². The molecule has 1 aromatic rings. The second kappa shape index (κ2) is 8.30. The van der Waals surface area contributed by atoms with Crippen LogP contribution in [0.1, 0.15) is 32.6 Å². The summed E-state index contributed by atoms with van der Waals surface area (Å²) in [6, 6.07) is 6.32. The number of likely N-dealkylation sites (tertiary alicyclic amines) is 1. The number of nitrogens with one attached hydrogen (secondary N) is 2. The van der Waals surface area contributed by atoms with E-state index in [1.54, 1.807) is 48.0 Å². The first-order valence-electron chi connectivity index (χ1n) is 10.7. The number of rotatable bonds is 7. The lowest BCUT2D eigenvalue weighted by Gasteiger charge is -2.34. The number of aliphatic hydroxyl groups excluding tert-OH is 1. The summed E-state index contributed by atoms with van der Waals surface area (Å²) < 4.78 is -1.02. The van der Waals surface area contributed by atoms with Crippen molar-refractivity contribution in [1.82, 2.24) is 10.2 Å². The molecule has 168 valence electrons. The molecule has 2 unspecified atom stereocenters. The van der Waals surface area contributed by atoms with Gasteiger partial charge in [-0.3, -0.25) is 14.4 Å². The molecule has 0 saturated carbocycles. The van der Waals surface area contributed by atoms with E-state index >= 15 is 0 Å².